The number of aliphatic hydroxyl groups excluding tert-OH is 1. The molecule has 2 unspecified atom stereocenters. The minimum Gasteiger partial charge on any atom is -0.489 e. The van der Waals surface area contributed by atoms with Gasteiger partial charge in [-0.25, -0.2) is 0 Å². The molecule has 1 aliphatic heterocycles. The summed E-state index contributed by atoms with van der Waals surface area (Å²) in [6, 6.07) is 7.89. The zero-order valence-electron chi connectivity index (χ0n) is 11.3. The molecule has 19 heavy (non-hydrogen) atoms. The fourth-order valence-electron chi connectivity index (χ4n) is 2.15. The number of ether oxygens (including phenoxy) is 1. The van der Waals surface area contributed by atoms with E-state index in [2.05, 4.69) is 11.8 Å². The van der Waals surface area contributed by atoms with Gasteiger partial charge in [0.2, 0.25) is 0 Å². The lowest BCUT2D eigenvalue weighted by Gasteiger charge is -2.34. The molecule has 1 aromatic carbocycles. The van der Waals surface area contributed by atoms with Crippen molar-refractivity contribution in [3.05, 3.63) is 24.3 Å². The molecule has 1 aromatic rings. The van der Waals surface area contributed by atoms with Crippen molar-refractivity contribution in [2.24, 2.45) is 0 Å². The van der Waals surface area contributed by atoms with E-state index in [0.29, 0.717) is 24.0 Å². The molecule has 4 nitrogen and oxygen atoms in total. The Morgan fingerprint density at radius 2 is 2.32 bits per heavy atom. The van der Waals surface area contributed by atoms with Crippen LogP contribution in [0.3, 0.4) is 0 Å². The third kappa shape index (κ3) is 4.30. The normalized spacial score (nSPS) is 22.1. The lowest BCUT2D eigenvalue weighted by Crippen LogP contribution is -2.45. The van der Waals surface area contributed by atoms with Gasteiger partial charge in [0.1, 0.15) is 18.5 Å². The molecule has 0 saturated carbocycles. The smallest absolute Gasteiger partial charge is 0.142 e. The highest BCUT2D eigenvalue weighted by molar-refractivity contribution is 7.99. The van der Waals surface area contributed by atoms with Crippen LogP contribution in [0.4, 0.5) is 5.69 Å². The van der Waals surface area contributed by atoms with Crippen LogP contribution in [0.5, 0.6) is 5.75 Å². The molecule has 1 aliphatic rings. The third-order valence-electron chi connectivity index (χ3n) is 3.30. The molecule has 0 spiro atoms. The van der Waals surface area contributed by atoms with Crippen molar-refractivity contribution in [2.75, 3.05) is 36.9 Å². The largest absolute Gasteiger partial charge is 0.489 e. The highest BCUT2D eigenvalue weighted by atomic mass is 32.2. The van der Waals surface area contributed by atoms with Gasteiger partial charge in [0.15, 0.2) is 0 Å². The fourth-order valence-corrected chi connectivity index (χ4v) is 3.24. The fraction of sp³-hybridized carbons (Fsp3) is 0.571. The summed E-state index contributed by atoms with van der Waals surface area (Å²) in [5, 5.41) is 10.1. The highest BCUT2D eigenvalue weighted by Crippen LogP contribution is 2.20. The number of anilines is 1. The van der Waals surface area contributed by atoms with E-state index < -0.39 is 6.10 Å². The Hall–Kier alpha value is -0.910. The summed E-state index contributed by atoms with van der Waals surface area (Å²) >= 11 is 1.97. The average molecular weight is 282 g/mol. The summed E-state index contributed by atoms with van der Waals surface area (Å²) in [4.78, 5) is 2.32. The van der Waals surface area contributed by atoms with E-state index in [1.54, 1.807) is 6.07 Å². The molecule has 2 rings (SSSR count). The Balaban J connectivity index is 1.78. The SMILES string of the molecule is CC1CSCCN1CC(O)COc1ccccc1N. The number of nitrogens with two attached hydrogens (primary N) is 1. The average Bonchev–Trinajstić information content (AvgIpc) is 2.40. The summed E-state index contributed by atoms with van der Waals surface area (Å²) in [6.07, 6.45) is -0.481. The van der Waals surface area contributed by atoms with E-state index in [1.807, 2.05) is 30.0 Å². The quantitative estimate of drug-likeness (QED) is 0.801. The summed E-state index contributed by atoms with van der Waals surface area (Å²) in [5.41, 5.74) is 6.40. The molecule has 0 amide bonds. The molecule has 3 N–H and O–H groups in total. The first-order valence-electron chi connectivity index (χ1n) is 6.64. The minimum absolute atomic E-state index is 0.282. The van der Waals surface area contributed by atoms with Crippen LogP contribution in [-0.2, 0) is 0 Å². The number of para-hydroxylation sites is 2. The highest BCUT2D eigenvalue weighted by Gasteiger charge is 2.21. The van der Waals surface area contributed by atoms with Crippen LogP contribution in [-0.4, -0.2) is 53.4 Å². The van der Waals surface area contributed by atoms with E-state index in [1.165, 1.54) is 0 Å². The van der Waals surface area contributed by atoms with Crippen molar-refractivity contribution in [1.82, 2.24) is 4.90 Å². The number of aliphatic hydroxyl groups is 1. The number of β-amino-alcohol motifs (C(OH)–C–C–N with tert-alkyl or cyclic N) is 1. The number of rotatable bonds is 5. The van der Waals surface area contributed by atoms with Crippen LogP contribution in [0.25, 0.3) is 0 Å². The van der Waals surface area contributed by atoms with Gasteiger partial charge in [-0.15, -0.1) is 0 Å². The maximum absolute atomic E-state index is 10.1. The topological polar surface area (TPSA) is 58.7 Å². The summed E-state index contributed by atoms with van der Waals surface area (Å²) in [7, 11) is 0. The third-order valence-corrected chi connectivity index (χ3v) is 4.49. The maximum atomic E-state index is 10.1. The van der Waals surface area contributed by atoms with Gasteiger partial charge < -0.3 is 15.6 Å². The molecule has 1 fully saturated rings. The number of thioether (sulfide) groups is 1. The molecule has 106 valence electrons. The maximum Gasteiger partial charge on any atom is 0.142 e. The van der Waals surface area contributed by atoms with Crippen molar-refractivity contribution in [3.8, 4) is 5.75 Å². The molecule has 0 radical (unpaired) electrons. The monoisotopic (exact) mass is 282 g/mol. The van der Waals surface area contributed by atoms with Gasteiger partial charge in [0.25, 0.3) is 0 Å². The second-order valence-electron chi connectivity index (χ2n) is 4.92. The van der Waals surface area contributed by atoms with Gasteiger partial charge >= 0.3 is 0 Å². The van der Waals surface area contributed by atoms with Crippen LogP contribution < -0.4 is 10.5 Å². The summed E-state index contributed by atoms with van der Waals surface area (Å²) in [6.45, 7) is 4.18. The van der Waals surface area contributed by atoms with Crippen molar-refractivity contribution in [2.45, 2.75) is 19.1 Å². The molecule has 0 aliphatic carbocycles. The first-order valence-corrected chi connectivity index (χ1v) is 7.79. The van der Waals surface area contributed by atoms with Crippen LogP contribution in [0.15, 0.2) is 24.3 Å². The molecule has 1 saturated heterocycles. The number of hydrogen-bond acceptors (Lipinski definition) is 5. The van der Waals surface area contributed by atoms with Gasteiger partial charge in [0, 0.05) is 30.6 Å². The second-order valence-corrected chi connectivity index (χ2v) is 6.07. The van der Waals surface area contributed by atoms with Gasteiger partial charge in [-0.05, 0) is 19.1 Å². The Morgan fingerprint density at radius 1 is 1.53 bits per heavy atom. The van der Waals surface area contributed by atoms with E-state index in [0.717, 1.165) is 18.1 Å². The molecule has 0 aromatic heterocycles. The predicted molar refractivity (Wildman–Crippen MR) is 80.7 cm³/mol. The van der Waals surface area contributed by atoms with Crippen molar-refractivity contribution >= 4 is 17.4 Å². The summed E-state index contributed by atoms with van der Waals surface area (Å²) in [5.74, 6) is 2.92. The second kappa shape index (κ2) is 7.03. The van der Waals surface area contributed by atoms with Crippen molar-refractivity contribution < 1.29 is 9.84 Å². The van der Waals surface area contributed by atoms with Crippen LogP contribution in [0.1, 0.15) is 6.92 Å². The number of benzene rings is 1. The summed E-state index contributed by atoms with van der Waals surface area (Å²) < 4.78 is 5.57. The zero-order chi connectivity index (χ0) is 13.7. The molecular weight excluding hydrogens is 260 g/mol. The Morgan fingerprint density at radius 3 is 3.05 bits per heavy atom. The van der Waals surface area contributed by atoms with E-state index in [9.17, 15) is 5.11 Å². The molecule has 2 atom stereocenters. The lowest BCUT2D eigenvalue weighted by atomic mass is 10.2. The van der Waals surface area contributed by atoms with E-state index in [4.69, 9.17) is 10.5 Å². The Bertz CT molecular complexity index is 403. The van der Waals surface area contributed by atoms with Gasteiger partial charge in [-0.3, -0.25) is 4.90 Å². The van der Waals surface area contributed by atoms with E-state index >= 15 is 0 Å². The van der Waals surface area contributed by atoms with Gasteiger partial charge in [-0.2, -0.15) is 11.8 Å². The van der Waals surface area contributed by atoms with E-state index in [-0.39, 0.29) is 6.61 Å². The molecule has 5 heteroatoms. The van der Waals surface area contributed by atoms with Gasteiger partial charge in [-0.1, -0.05) is 12.1 Å². The van der Waals surface area contributed by atoms with Crippen molar-refractivity contribution in [1.29, 1.82) is 0 Å². The Kier molecular flexibility index (Phi) is 5.36. The predicted octanol–water partition coefficient (Wildman–Crippen LogP) is 1.45. The van der Waals surface area contributed by atoms with Crippen molar-refractivity contribution in [3.63, 3.8) is 0 Å². The molecule has 1 heterocycles. The number of nitrogen functional groups attached to an aromatic ring is 1. The first-order chi connectivity index (χ1) is 9.16. The van der Waals surface area contributed by atoms with Gasteiger partial charge in [0.05, 0.1) is 5.69 Å². The number of hydrogen-bond donors (Lipinski definition) is 2. The minimum atomic E-state index is -0.481. The van der Waals surface area contributed by atoms with Crippen LogP contribution in [0.2, 0.25) is 0 Å². The molecular formula is C14H22N2O2S. The van der Waals surface area contributed by atoms with Crippen LogP contribution in [0, 0.1) is 0 Å². The van der Waals surface area contributed by atoms with Crippen LogP contribution >= 0.6 is 11.8 Å². The zero-order valence-corrected chi connectivity index (χ0v) is 12.1. The lowest BCUT2D eigenvalue weighted by molar-refractivity contribution is 0.0598. The number of nitrogens with zero attached hydrogens (tertiary/aromatic N) is 1. The standard InChI is InChI=1S/C14H22N2O2S/c1-11-10-19-7-6-16(11)8-12(17)9-18-14-5-3-2-4-13(14)15/h2-5,11-12,17H,6-10,15H2,1H3. The first kappa shape index (κ1) is 14.5. The Labute approximate surface area is 118 Å². The molecule has 0 bridgehead atoms.